The monoisotopic (exact) mass is 347 g/mol. The predicted octanol–water partition coefficient (Wildman–Crippen LogP) is 4.47. The Morgan fingerprint density at radius 3 is 2.43 bits per heavy atom. The Balaban J connectivity index is 1.98. The van der Waals surface area contributed by atoms with E-state index in [0.29, 0.717) is 5.75 Å². The zero-order chi connectivity index (χ0) is 15.4. The van der Waals surface area contributed by atoms with Gasteiger partial charge in [0.15, 0.2) is 6.10 Å². The number of rotatable bonds is 4. The van der Waals surface area contributed by atoms with Crippen LogP contribution in [-0.4, -0.2) is 12.0 Å². The van der Waals surface area contributed by atoms with E-state index in [1.807, 2.05) is 56.3 Å². The topological polar surface area (TPSA) is 38.3 Å². The van der Waals surface area contributed by atoms with E-state index in [0.717, 1.165) is 21.3 Å². The molecule has 0 aliphatic heterocycles. The molecule has 0 saturated carbocycles. The highest BCUT2D eigenvalue weighted by Gasteiger charge is 2.15. The Bertz CT molecular complexity index is 638. The van der Waals surface area contributed by atoms with E-state index < -0.39 is 6.10 Å². The van der Waals surface area contributed by atoms with Gasteiger partial charge in [-0.3, -0.25) is 4.79 Å². The molecule has 2 aromatic carbocycles. The molecule has 0 bridgehead atoms. The number of aryl methyl sites for hydroxylation is 2. The molecule has 4 heteroatoms. The van der Waals surface area contributed by atoms with E-state index in [-0.39, 0.29) is 5.91 Å². The van der Waals surface area contributed by atoms with Gasteiger partial charge in [-0.1, -0.05) is 33.6 Å². The molecule has 0 aliphatic carbocycles. The quantitative estimate of drug-likeness (QED) is 0.885. The van der Waals surface area contributed by atoms with Gasteiger partial charge in [-0.25, -0.2) is 0 Å². The van der Waals surface area contributed by atoms with Crippen LogP contribution in [0.5, 0.6) is 5.75 Å². The van der Waals surface area contributed by atoms with E-state index in [9.17, 15) is 4.79 Å². The van der Waals surface area contributed by atoms with Gasteiger partial charge in [0.05, 0.1) is 0 Å². The van der Waals surface area contributed by atoms with Gasteiger partial charge >= 0.3 is 0 Å². The van der Waals surface area contributed by atoms with Gasteiger partial charge < -0.3 is 10.1 Å². The molecule has 1 N–H and O–H groups in total. The van der Waals surface area contributed by atoms with Crippen molar-refractivity contribution in [1.29, 1.82) is 0 Å². The summed E-state index contributed by atoms with van der Waals surface area (Å²) in [7, 11) is 0. The fourth-order valence-electron chi connectivity index (χ4n) is 1.84. The maximum Gasteiger partial charge on any atom is 0.265 e. The third-order valence-electron chi connectivity index (χ3n) is 3.13. The van der Waals surface area contributed by atoms with Crippen molar-refractivity contribution in [2.75, 3.05) is 5.32 Å². The summed E-state index contributed by atoms with van der Waals surface area (Å²) in [5.41, 5.74) is 2.99. The highest BCUT2D eigenvalue weighted by molar-refractivity contribution is 9.10. The lowest BCUT2D eigenvalue weighted by Gasteiger charge is -2.15. The fourth-order valence-corrected chi connectivity index (χ4v) is 2.09. The largest absolute Gasteiger partial charge is 0.481 e. The van der Waals surface area contributed by atoms with Crippen LogP contribution in [0, 0.1) is 13.8 Å². The first-order chi connectivity index (χ1) is 9.95. The molecule has 0 saturated heterocycles. The number of nitrogens with one attached hydrogen (secondary N) is 1. The van der Waals surface area contributed by atoms with Crippen molar-refractivity contribution >= 4 is 27.5 Å². The lowest BCUT2D eigenvalue weighted by Crippen LogP contribution is -2.30. The molecule has 2 rings (SSSR count). The van der Waals surface area contributed by atoms with Crippen LogP contribution in [0.2, 0.25) is 0 Å². The van der Waals surface area contributed by atoms with Crippen molar-refractivity contribution in [3.05, 3.63) is 58.1 Å². The Hall–Kier alpha value is -1.81. The third kappa shape index (κ3) is 4.33. The number of halogens is 1. The summed E-state index contributed by atoms with van der Waals surface area (Å²) in [4.78, 5) is 12.1. The van der Waals surface area contributed by atoms with Crippen molar-refractivity contribution in [2.45, 2.75) is 26.9 Å². The highest BCUT2D eigenvalue weighted by atomic mass is 79.9. The van der Waals surface area contributed by atoms with Crippen molar-refractivity contribution < 1.29 is 9.53 Å². The zero-order valence-corrected chi connectivity index (χ0v) is 13.9. The van der Waals surface area contributed by atoms with Crippen molar-refractivity contribution in [2.24, 2.45) is 0 Å². The molecule has 0 fully saturated rings. The van der Waals surface area contributed by atoms with Gasteiger partial charge in [0, 0.05) is 10.2 Å². The molecular weight excluding hydrogens is 330 g/mol. The van der Waals surface area contributed by atoms with Crippen LogP contribution in [0.15, 0.2) is 46.9 Å². The molecule has 0 unspecified atom stereocenters. The van der Waals surface area contributed by atoms with E-state index in [2.05, 4.69) is 21.2 Å². The van der Waals surface area contributed by atoms with Gasteiger partial charge in [-0.2, -0.15) is 0 Å². The van der Waals surface area contributed by atoms with Gasteiger partial charge in [-0.15, -0.1) is 0 Å². The summed E-state index contributed by atoms with van der Waals surface area (Å²) in [6.07, 6.45) is -0.559. The molecule has 0 aliphatic rings. The average Bonchev–Trinajstić information content (AvgIpc) is 2.45. The molecule has 1 atom stereocenters. The number of benzene rings is 2. The van der Waals surface area contributed by atoms with Crippen molar-refractivity contribution in [1.82, 2.24) is 0 Å². The van der Waals surface area contributed by atoms with Crippen molar-refractivity contribution in [3.8, 4) is 5.75 Å². The summed E-state index contributed by atoms with van der Waals surface area (Å²) in [6.45, 7) is 5.72. The number of amides is 1. The number of ether oxygens (including phenoxy) is 1. The molecule has 2 aromatic rings. The molecule has 21 heavy (non-hydrogen) atoms. The first kappa shape index (κ1) is 15.6. The Kier molecular flexibility index (Phi) is 5.02. The van der Waals surface area contributed by atoms with Crippen LogP contribution in [0.3, 0.4) is 0 Å². The first-order valence-corrected chi connectivity index (χ1v) is 7.55. The van der Waals surface area contributed by atoms with E-state index in [1.54, 1.807) is 6.92 Å². The number of anilines is 1. The molecule has 110 valence electrons. The van der Waals surface area contributed by atoms with Crippen LogP contribution in [0.4, 0.5) is 5.69 Å². The lowest BCUT2D eigenvalue weighted by molar-refractivity contribution is -0.122. The Morgan fingerprint density at radius 1 is 1.14 bits per heavy atom. The maximum atomic E-state index is 12.1. The number of hydrogen-bond acceptors (Lipinski definition) is 2. The second kappa shape index (κ2) is 6.76. The Morgan fingerprint density at radius 2 is 1.81 bits per heavy atom. The number of carbonyl (C=O) groups is 1. The predicted molar refractivity (Wildman–Crippen MR) is 88.8 cm³/mol. The van der Waals surface area contributed by atoms with E-state index in [4.69, 9.17) is 4.74 Å². The van der Waals surface area contributed by atoms with Crippen LogP contribution < -0.4 is 10.1 Å². The number of hydrogen-bond donors (Lipinski definition) is 1. The lowest BCUT2D eigenvalue weighted by atomic mass is 10.2. The summed E-state index contributed by atoms with van der Waals surface area (Å²) in [5.74, 6) is 0.521. The van der Waals surface area contributed by atoms with Gasteiger partial charge in [0.2, 0.25) is 0 Å². The molecule has 0 radical (unpaired) electrons. The molecule has 1 amide bonds. The van der Waals surface area contributed by atoms with Crippen molar-refractivity contribution in [3.63, 3.8) is 0 Å². The third-order valence-corrected chi connectivity index (χ3v) is 4.02. The van der Waals surface area contributed by atoms with Crippen LogP contribution in [-0.2, 0) is 4.79 Å². The van der Waals surface area contributed by atoms with E-state index in [1.165, 1.54) is 0 Å². The number of carbonyl (C=O) groups excluding carboxylic acids is 1. The minimum absolute atomic E-state index is 0.169. The van der Waals surface area contributed by atoms with Gasteiger partial charge in [-0.05, 0) is 56.7 Å². The molecule has 0 heterocycles. The average molecular weight is 348 g/mol. The summed E-state index contributed by atoms with van der Waals surface area (Å²) in [5, 5.41) is 2.86. The summed E-state index contributed by atoms with van der Waals surface area (Å²) >= 11 is 3.44. The molecule has 0 spiro atoms. The smallest absolute Gasteiger partial charge is 0.265 e. The first-order valence-electron chi connectivity index (χ1n) is 6.76. The minimum Gasteiger partial charge on any atom is -0.481 e. The maximum absolute atomic E-state index is 12.1. The molecule has 3 nitrogen and oxygen atoms in total. The summed E-state index contributed by atoms with van der Waals surface area (Å²) < 4.78 is 6.65. The summed E-state index contributed by atoms with van der Waals surface area (Å²) in [6, 6.07) is 13.3. The van der Waals surface area contributed by atoms with Gasteiger partial charge in [0.25, 0.3) is 5.91 Å². The zero-order valence-electron chi connectivity index (χ0n) is 12.3. The fraction of sp³-hybridized carbons (Fsp3) is 0.235. The Labute approximate surface area is 133 Å². The normalized spacial score (nSPS) is 11.8. The second-order valence-corrected chi connectivity index (χ2v) is 5.88. The van der Waals surface area contributed by atoms with Crippen LogP contribution in [0.1, 0.15) is 18.1 Å². The van der Waals surface area contributed by atoms with Gasteiger partial charge in [0.1, 0.15) is 5.75 Å². The SMILES string of the molecule is Cc1ccc(O[C@H](C)C(=O)Nc2ccc(Br)c(C)c2)cc1. The minimum atomic E-state index is -0.559. The highest BCUT2D eigenvalue weighted by Crippen LogP contribution is 2.20. The second-order valence-electron chi connectivity index (χ2n) is 5.03. The standard InChI is InChI=1S/C17H18BrNO2/c1-11-4-7-15(8-5-11)21-13(3)17(20)19-14-6-9-16(18)12(2)10-14/h4-10,13H,1-3H3,(H,19,20)/t13-/m1/s1. The molecule has 0 aromatic heterocycles. The van der Waals surface area contributed by atoms with E-state index >= 15 is 0 Å². The van der Waals surface area contributed by atoms with Crippen LogP contribution in [0.25, 0.3) is 0 Å². The molecular formula is C17H18BrNO2. The van der Waals surface area contributed by atoms with Crippen LogP contribution >= 0.6 is 15.9 Å².